The van der Waals surface area contributed by atoms with Crippen molar-refractivity contribution in [2.24, 2.45) is 0 Å². The molecule has 0 aliphatic carbocycles. The molecule has 0 N–H and O–H groups in total. The third-order valence-corrected chi connectivity index (χ3v) is 4.01. The van der Waals surface area contributed by atoms with Crippen molar-refractivity contribution in [3.63, 3.8) is 0 Å². The average Bonchev–Trinajstić information content (AvgIpc) is 2.39. The molecule has 0 aliphatic heterocycles. The molecular weight excluding hydrogens is 242 g/mol. The second kappa shape index (κ2) is 5.61. The van der Waals surface area contributed by atoms with Crippen molar-refractivity contribution in [2.45, 2.75) is 17.6 Å². The van der Waals surface area contributed by atoms with Gasteiger partial charge in [0.15, 0.2) is 0 Å². The van der Waals surface area contributed by atoms with E-state index in [-0.39, 0.29) is 0 Å². The quantitative estimate of drug-likeness (QED) is 0.845. The van der Waals surface area contributed by atoms with Gasteiger partial charge >= 0.3 is 0 Å². The number of hydrogen-bond acceptors (Lipinski definition) is 2. The van der Waals surface area contributed by atoms with Crippen LogP contribution in [0.4, 0.5) is 0 Å². The Bertz CT molecular complexity index is 611. The number of rotatable bonds is 3. The molecule has 2 aromatic carbocycles. The van der Waals surface area contributed by atoms with Gasteiger partial charge in [0.1, 0.15) is 0 Å². The van der Waals surface area contributed by atoms with Crippen LogP contribution in [0.3, 0.4) is 0 Å². The van der Waals surface area contributed by atoms with Crippen LogP contribution in [0.2, 0.25) is 0 Å². The van der Waals surface area contributed by atoms with Crippen molar-refractivity contribution >= 4 is 10.8 Å². The average molecular weight is 255 g/mol. The standard InChI is InChI=1S/C15H13NOS/c1-12-3-2-4-15(9-12)18(17)11-14-7-5-13(10-16)6-8-14/h2-9H,11H2,1H3. The maximum atomic E-state index is 12.2. The predicted molar refractivity (Wildman–Crippen MR) is 72.4 cm³/mol. The van der Waals surface area contributed by atoms with E-state index < -0.39 is 10.8 Å². The Morgan fingerprint density at radius 2 is 1.89 bits per heavy atom. The summed E-state index contributed by atoms with van der Waals surface area (Å²) in [6.07, 6.45) is 0. The third kappa shape index (κ3) is 3.06. The molecule has 0 aliphatic rings. The number of aryl methyl sites for hydroxylation is 1. The summed E-state index contributed by atoms with van der Waals surface area (Å²) >= 11 is 0. The van der Waals surface area contributed by atoms with Gasteiger partial charge in [0, 0.05) is 4.90 Å². The van der Waals surface area contributed by atoms with Crippen molar-refractivity contribution in [2.75, 3.05) is 0 Å². The van der Waals surface area contributed by atoms with Crippen molar-refractivity contribution in [3.8, 4) is 6.07 Å². The minimum absolute atomic E-state index is 0.481. The van der Waals surface area contributed by atoms with Crippen molar-refractivity contribution < 1.29 is 4.21 Å². The summed E-state index contributed by atoms with van der Waals surface area (Å²) < 4.78 is 12.2. The van der Waals surface area contributed by atoms with Gasteiger partial charge in [-0.05, 0) is 42.3 Å². The van der Waals surface area contributed by atoms with Gasteiger partial charge in [-0.1, -0.05) is 24.3 Å². The molecule has 0 amide bonds. The molecule has 0 heterocycles. The second-order valence-electron chi connectivity index (χ2n) is 4.12. The summed E-state index contributed by atoms with van der Waals surface area (Å²) in [4.78, 5) is 0.847. The summed E-state index contributed by atoms with van der Waals surface area (Å²) in [7, 11) is -1.04. The van der Waals surface area contributed by atoms with Gasteiger partial charge in [-0.3, -0.25) is 4.21 Å². The molecule has 0 radical (unpaired) electrons. The van der Waals surface area contributed by atoms with E-state index in [9.17, 15) is 4.21 Å². The van der Waals surface area contributed by atoms with E-state index in [1.165, 1.54) is 0 Å². The first-order valence-electron chi connectivity index (χ1n) is 5.63. The van der Waals surface area contributed by atoms with Crippen LogP contribution in [0, 0.1) is 18.3 Å². The number of nitriles is 1. The highest BCUT2D eigenvalue weighted by molar-refractivity contribution is 7.84. The van der Waals surface area contributed by atoms with Crippen molar-refractivity contribution in [1.29, 1.82) is 5.26 Å². The van der Waals surface area contributed by atoms with E-state index in [0.29, 0.717) is 11.3 Å². The lowest BCUT2D eigenvalue weighted by Gasteiger charge is -2.03. The molecule has 0 spiro atoms. The van der Waals surface area contributed by atoms with E-state index >= 15 is 0 Å². The summed E-state index contributed by atoms with van der Waals surface area (Å²) in [5.74, 6) is 0.481. The van der Waals surface area contributed by atoms with Gasteiger partial charge in [0.05, 0.1) is 28.2 Å². The lowest BCUT2D eigenvalue weighted by Crippen LogP contribution is -1.96. The Hall–Kier alpha value is -1.92. The topological polar surface area (TPSA) is 40.9 Å². The highest BCUT2D eigenvalue weighted by atomic mass is 32.2. The molecule has 2 nitrogen and oxygen atoms in total. The predicted octanol–water partition coefficient (Wildman–Crippen LogP) is 3.17. The fourth-order valence-corrected chi connectivity index (χ4v) is 2.88. The minimum atomic E-state index is -1.04. The SMILES string of the molecule is Cc1cccc(S(=O)Cc2ccc(C#N)cc2)c1. The Kier molecular flexibility index (Phi) is 3.91. The zero-order valence-corrected chi connectivity index (χ0v) is 10.9. The van der Waals surface area contributed by atoms with E-state index in [2.05, 4.69) is 6.07 Å². The maximum Gasteiger partial charge on any atom is 0.0991 e. The maximum absolute atomic E-state index is 12.2. The largest absolute Gasteiger partial charge is 0.254 e. The van der Waals surface area contributed by atoms with Gasteiger partial charge in [0.2, 0.25) is 0 Å². The van der Waals surface area contributed by atoms with E-state index in [1.54, 1.807) is 12.1 Å². The first-order chi connectivity index (χ1) is 8.69. The minimum Gasteiger partial charge on any atom is -0.254 e. The summed E-state index contributed by atoms with van der Waals surface area (Å²) in [6, 6.07) is 17.0. The molecule has 2 aromatic rings. The van der Waals surface area contributed by atoms with Crippen LogP contribution < -0.4 is 0 Å². The molecule has 0 aromatic heterocycles. The van der Waals surface area contributed by atoms with Gasteiger partial charge in [-0.2, -0.15) is 5.26 Å². The van der Waals surface area contributed by atoms with Gasteiger partial charge in [0.25, 0.3) is 0 Å². The molecule has 18 heavy (non-hydrogen) atoms. The molecule has 3 heteroatoms. The molecule has 2 rings (SSSR count). The fourth-order valence-electron chi connectivity index (χ4n) is 1.67. The van der Waals surface area contributed by atoms with E-state index in [1.807, 2.05) is 43.3 Å². The molecule has 0 bridgehead atoms. The zero-order chi connectivity index (χ0) is 13.0. The van der Waals surface area contributed by atoms with E-state index in [0.717, 1.165) is 16.0 Å². The van der Waals surface area contributed by atoms with Gasteiger partial charge in [-0.25, -0.2) is 0 Å². The lowest BCUT2D eigenvalue weighted by molar-refractivity contribution is 0.682. The molecule has 0 fully saturated rings. The molecular formula is C15H13NOS. The Morgan fingerprint density at radius 1 is 1.17 bits per heavy atom. The summed E-state index contributed by atoms with van der Waals surface area (Å²) in [5, 5.41) is 8.71. The smallest absolute Gasteiger partial charge is 0.0991 e. The monoisotopic (exact) mass is 255 g/mol. The molecule has 1 atom stereocenters. The third-order valence-electron chi connectivity index (χ3n) is 2.63. The van der Waals surface area contributed by atoms with Gasteiger partial charge < -0.3 is 0 Å². The first kappa shape index (κ1) is 12.5. The van der Waals surface area contributed by atoms with Gasteiger partial charge in [-0.15, -0.1) is 0 Å². The first-order valence-corrected chi connectivity index (χ1v) is 6.95. The zero-order valence-electron chi connectivity index (χ0n) is 10.1. The Morgan fingerprint density at radius 3 is 2.50 bits per heavy atom. The normalized spacial score (nSPS) is 11.8. The highest BCUT2D eigenvalue weighted by Gasteiger charge is 2.05. The van der Waals surface area contributed by atoms with Crippen LogP contribution in [-0.2, 0) is 16.6 Å². The van der Waals surface area contributed by atoms with Crippen molar-refractivity contribution in [1.82, 2.24) is 0 Å². The number of hydrogen-bond donors (Lipinski definition) is 0. The fraction of sp³-hybridized carbons (Fsp3) is 0.133. The van der Waals surface area contributed by atoms with Crippen LogP contribution in [0.15, 0.2) is 53.4 Å². The lowest BCUT2D eigenvalue weighted by atomic mass is 10.2. The van der Waals surface area contributed by atoms with Crippen LogP contribution >= 0.6 is 0 Å². The van der Waals surface area contributed by atoms with E-state index in [4.69, 9.17) is 5.26 Å². The molecule has 90 valence electrons. The summed E-state index contributed by atoms with van der Waals surface area (Å²) in [5.41, 5.74) is 2.72. The number of benzene rings is 2. The van der Waals surface area contributed by atoms with Crippen LogP contribution in [0.25, 0.3) is 0 Å². The molecule has 0 saturated heterocycles. The number of nitrogens with zero attached hydrogens (tertiary/aromatic N) is 1. The second-order valence-corrected chi connectivity index (χ2v) is 5.57. The van der Waals surface area contributed by atoms with Crippen LogP contribution in [0.5, 0.6) is 0 Å². The Labute approximate surface area is 109 Å². The molecule has 0 saturated carbocycles. The van der Waals surface area contributed by atoms with Crippen molar-refractivity contribution in [3.05, 3.63) is 65.2 Å². The molecule has 1 unspecified atom stereocenters. The summed E-state index contributed by atoms with van der Waals surface area (Å²) in [6.45, 7) is 1.99. The van der Waals surface area contributed by atoms with Crippen LogP contribution in [0.1, 0.15) is 16.7 Å². The highest BCUT2D eigenvalue weighted by Crippen LogP contribution is 2.14. The van der Waals surface area contributed by atoms with Crippen LogP contribution in [-0.4, -0.2) is 4.21 Å². The Balaban J connectivity index is 2.14.